The summed E-state index contributed by atoms with van der Waals surface area (Å²) in [6.45, 7) is 2.34. The number of anilines is 1. The number of carbonyl (C=O) groups excluding carboxylic acids is 2. The number of hydrogen-bond acceptors (Lipinski definition) is 4. The summed E-state index contributed by atoms with van der Waals surface area (Å²) >= 11 is 0. The molecule has 6 N–H and O–H groups in total. The van der Waals surface area contributed by atoms with Crippen LogP contribution in [-0.4, -0.2) is 34.5 Å². The second-order valence-corrected chi connectivity index (χ2v) is 6.80. The summed E-state index contributed by atoms with van der Waals surface area (Å²) < 4.78 is 27.2. The highest BCUT2D eigenvalue weighted by molar-refractivity contribution is 5.96. The Kier molecular flexibility index (Phi) is 5.02. The average molecular weight is 378 g/mol. The number of benzene rings is 1. The number of H-pyrrole nitrogens is 1. The molecule has 0 atom stereocenters. The van der Waals surface area contributed by atoms with Crippen LogP contribution in [0.3, 0.4) is 0 Å². The minimum atomic E-state index is -1.34. The van der Waals surface area contributed by atoms with Crippen molar-refractivity contribution in [2.24, 2.45) is 5.92 Å². The van der Waals surface area contributed by atoms with E-state index in [1.165, 1.54) is 0 Å². The van der Waals surface area contributed by atoms with Crippen LogP contribution in [0.2, 0.25) is 0 Å². The Hall–Kier alpha value is -3.10. The first-order valence-electron chi connectivity index (χ1n) is 8.46. The van der Waals surface area contributed by atoms with Gasteiger partial charge in [-0.3, -0.25) is 9.59 Å². The summed E-state index contributed by atoms with van der Waals surface area (Å²) in [7, 11) is 0. The summed E-state index contributed by atoms with van der Waals surface area (Å²) in [5.41, 5.74) is 5.76. The van der Waals surface area contributed by atoms with Gasteiger partial charge >= 0.3 is 0 Å². The largest absolute Gasteiger partial charge is 0.503 e. The number of nitrogens with one attached hydrogen (secondary N) is 3. The molecule has 2 amide bonds. The molecule has 0 saturated heterocycles. The van der Waals surface area contributed by atoms with E-state index in [9.17, 15) is 23.5 Å². The molecule has 1 aliphatic rings. The predicted molar refractivity (Wildman–Crippen MR) is 94.3 cm³/mol. The van der Waals surface area contributed by atoms with Crippen molar-refractivity contribution in [2.75, 3.05) is 12.3 Å². The van der Waals surface area contributed by atoms with Crippen molar-refractivity contribution in [1.82, 2.24) is 15.6 Å². The molecule has 1 aromatic heterocycles. The lowest BCUT2D eigenvalue weighted by Crippen LogP contribution is -2.47. The first-order valence-corrected chi connectivity index (χ1v) is 8.46. The van der Waals surface area contributed by atoms with Crippen molar-refractivity contribution in [3.8, 4) is 5.75 Å². The van der Waals surface area contributed by atoms with Crippen LogP contribution < -0.4 is 16.4 Å². The Morgan fingerprint density at radius 3 is 2.59 bits per heavy atom. The molecule has 3 rings (SSSR count). The number of phenolic OH excluding ortho intramolecular Hbond substituents is 1. The molecule has 144 valence electrons. The maximum Gasteiger partial charge on any atom is 0.267 e. The van der Waals surface area contributed by atoms with E-state index in [2.05, 4.69) is 15.6 Å². The van der Waals surface area contributed by atoms with E-state index >= 15 is 0 Å². The zero-order chi connectivity index (χ0) is 19.7. The van der Waals surface area contributed by atoms with E-state index in [-0.39, 0.29) is 17.9 Å². The molecular weight excluding hydrogens is 358 g/mol. The fourth-order valence-corrected chi connectivity index (χ4v) is 3.06. The molecule has 0 unspecified atom stereocenters. The highest BCUT2D eigenvalue weighted by Crippen LogP contribution is 2.30. The third-order valence-electron chi connectivity index (χ3n) is 4.64. The van der Waals surface area contributed by atoms with Crippen LogP contribution in [-0.2, 0) is 0 Å². The third-order valence-corrected chi connectivity index (χ3v) is 4.64. The third kappa shape index (κ3) is 3.86. The predicted octanol–water partition coefficient (Wildman–Crippen LogP) is 1.83. The Morgan fingerprint density at radius 2 is 1.96 bits per heavy atom. The monoisotopic (exact) mass is 378 g/mol. The van der Waals surface area contributed by atoms with E-state index in [1.807, 2.05) is 6.92 Å². The van der Waals surface area contributed by atoms with E-state index in [4.69, 9.17) is 5.73 Å². The Balaban J connectivity index is 1.48. The molecule has 7 nitrogen and oxygen atoms in total. The maximum absolute atomic E-state index is 13.9. The highest BCUT2D eigenvalue weighted by atomic mass is 19.1. The average Bonchev–Trinajstić information content (AvgIpc) is 3.04. The Labute approximate surface area is 153 Å². The lowest BCUT2D eigenvalue weighted by Gasteiger charge is -2.36. The van der Waals surface area contributed by atoms with Crippen molar-refractivity contribution < 1.29 is 23.5 Å². The summed E-state index contributed by atoms with van der Waals surface area (Å²) in [6.07, 6.45) is 2.96. The Morgan fingerprint density at radius 1 is 1.26 bits per heavy atom. The van der Waals surface area contributed by atoms with Gasteiger partial charge in [-0.1, -0.05) is 0 Å². The number of aromatic nitrogens is 1. The second-order valence-electron chi connectivity index (χ2n) is 6.80. The van der Waals surface area contributed by atoms with Crippen LogP contribution in [0.5, 0.6) is 5.75 Å². The molecule has 1 saturated carbocycles. The number of halogens is 2. The summed E-state index contributed by atoms with van der Waals surface area (Å²) in [6, 6.07) is 2.41. The van der Waals surface area contributed by atoms with Crippen LogP contribution in [0.15, 0.2) is 18.3 Å². The van der Waals surface area contributed by atoms with Gasteiger partial charge < -0.3 is 26.5 Å². The maximum atomic E-state index is 13.9. The van der Waals surface area contributed by atoms with Gasteiger partial charge in [-0.05, 0) is 43.4 Å². The van der Waals surface area contributed by atoms with E-state index in [0.717, 1.165) is 11.6 Å². The van der Waals surface area contributed by atoms with Crippen molar-refractivity contribution >= 4 is 17.5 Å². The van der Waals surface area contributed by atoms with Crippen LogP contribution in [0.25, 0.3) is 0 Å². The second kappa shape index (κ2) is 7.26. The van der Waals surface area contributed by atoms with Gasteiger partial charge in [0.05, 0.1) is 11.3 Å². The van der Waals surface area contributed by atoms with Gasteiger partial charge in [0.15, 0.2) is 17.4 Å². The van der Waals surface area contributed by atoms with Crippen molar-refractivity contribution in [1.29, 1.82) is 0 Å². The molecule has 0 bridgehead atoms. The van der Waals surface area contributed by atoms with Gasteiger partial charge in [0.2, 0.25) is 0 Å². The lowest BCUT2D eigenvalue weighted by atomic mass is 9.80. The van der Waals surface area contributed by atoms with Gasteiger partial charge in [0.1, 0.15) is 5.69 Å². The van der Waals surface area contributed by atoms with Crippen LogP contribution >= 0.6 is 0 Å². The lowest BCUT2D eigenvalue weighted by molar-refractivity contribution is 0.0858. The molecule has 1 aromatic carbocycles. The van der Waals surface area contributed by atoms with Gasteiger partial charge in [-0.2, -0.15) is 0 Å². The van der Waals surface area contributed by atoms with Crippen molar-refractivity contribution in [3.63, 3.8) is 0 Å². The van der Waals surface area contributed by atoms with Crippen LogP contribution in [0.1, 0.15) is 39.3 Å². The normalized spacial score (nSPS) is 18.6. The molecule has 1 heterocycles. The zero-order valence-corrected chi connectivity index (χ0v) is 14.6. The number of carbonyl (C=O) groups is 2. The minimum absolute atomic E-state index is 0.187. The number of phenols is 1. The molecular formula is C18H20F2N4O3. The molecule has 2 aromatic rings. The fourth-order valence-electron chi connectivity index (χ4n) is 3.06. The van der Waals surface area contributed by atoms with E-state index < -0.39 is 34.5 Å². The van der Waals surface area contributed by atoms with Gasteiger partial charge in [-0.25, -0.2) is 8.78 Å². The van der Waals surface area contributed by atoms with Gasteiger partial charge in [-0.15, -0.1) is 0 Å². The van der Waals surface area contributed by atoms with Crippen LogP contribution in [0, 0.1) is 24.5 Å². The van der Waals surface area contributed by atoms with E-state index in [1.54, 1.807) is 12.3 Å². The molecule has 1 fully saturated rings. The number of aryl methyl sites for hydroxylation is 1. The standard InChI is InChI=1S/C18H20F2N4O3/c1-8-2-13(22-6-8)18(27)23-7-9-3-10(4-9)24-17(26)11-5-12(21)15(20)16(25)14(11)19/h2,5-6,9-10,22,25H,3-4,7,21H2,1H3,(H,23,27)(H,24,26). The van der Waals surface area contributed by atoms with Crippen molar-refractivity contribution in [3.05, 3.63) is 46.8 Å². The first kappa shape index (κ1) is 18.7. The highest BCUT2D eigenvalue weighted by Gasteiger charge is 2.32. The number of rotatable bonds is 5. The zero-order valence-electron chi connectivity index (χ0n) is 14.6. The SMILES string of the molecule is Cc1c[nH]c(C(=O)NCC2CC(NC(=O)c3cc(N)c(F)c(O)c3F)C2)c1. The molecule has 0 spiro atoms. The quantitative estimate of drug-likeness (QED) is 0.510. The molecule has 9 heteroatoms. The minimum Gasteiger partial charge on any atom is -0.503 e. The van der Waals surface area contributed by atoms with Gasteiger partial charge in [0.25, 0.3) is 11.8 Å². The first-order chi connectivity index (χ1) is 12.8. The number of hydrogen-bond donors (Lipinski definition) is 5. The smallest absolute Gasteiger partial charge is 0.267 e. The molecule has 0 aliphatic heterocycles. The topological polar surface area (TPSA) is 120 Å². The molecule has 0 radical (unpaired) electrons. The Bertz CT molecular complexity index is 891. The van der Waals surface area contributed by atoms with E-state index in [0.29, 0.717) is 25.1 Å². The number of nitrogens with two attached hydrogens (primary N) is 1. The number of aromatic amines is 1. The number of amides is 2. The number of nitrogen functional groups attached to an aromatic ring is 1. The summed E-state index contributed by atoms with van der Waals surface area (Å²) in [5, 5.41) is 14.8. The van der Waals surface area contributed by atoms with Crippen LogP contribution in [0.4, 0.5) is 14.5 Å². The molecule has 27 heavy (non-hydrogen) atoms. The summed E-state index contributed by atoms with van der Waals surface area (Å²) in [4.78, 5) is 27.0. The van der Waals surface area contributed by atoms with Gasteiger partial charge in [0, 0.05) is 18.8 Å². The van der Waals surface area contributed by atoms with Crippen molar-refractivity contribution in [2.45, 2.75) is 25.8 Å². The summed E-state index contributed by atoms with van der Waals surface area (Å²) in [5.74, 6) is -4.69. The molecule has 1 aliphatic carbocycles. The fraction of sp³-hybridized carbons (Fsp3) is 0.333. The number of aromatic hydroxyl groups is 1.